The molecule has 1 aromatic heterocycles. The zero-order valence-electron chi connectivity index (χ0n) is 19.8. The maximum atomic E-state index is 13.4. The Kier molecular flexibility index (Phi) is 8.08. The summed E-state index contributed by atoms with van der Waals surface area (Å²) in [6, 6.07) is 15.2. The molecule has 1 saturated heterocycles. The lowest BCUT2D eigenvalue weighted by molar-refractivity contribution is 0.142. The van der Waals surface area contributed by atoms with Gasteiger partial charge < -0.3 is 24.3 Å². The summed E-state index contributed by atoms with van der Waals surface area (Å²) in [6.07, 6.45) is 2.18. The first-order valence-corrected chi connectivity index (χ1v) is 12.7. The molecular formula is C27H24Cl2FN3O4. The summed E-state index contributed by atoms with van der Waals surface area (Å²) in [5, 5.41) is 4.41. The van der Waals surface area contributed by atoms with E-state index in [4.69, 9.17) is 42.1 Å². The van der Waals surface area contributed by atoms with Gasteiger partial charge in [0.2, 0.25) is 0 Å². The van der Waals surface area contributed by atoms with Crippen molar-refractivity contribution in [2.75, 3.05) is 31.0 Å². The van der Waals surface area contributed by atoms with Crippen LogP contribution in [0, 0.1) is 5.82 Å². The Morgan fingerprint density at radius 2 is 1.97 bits per heavy atom. The Labute approximate surface area is 223 Å². The average molecular weight is 544 g/mol. The van der Waals surface area contributed by atoms with Crippen LogP contribution in [-0.2, 0) is 11.3 Å². The van der Waals surface area contributed by atoms with E-state index in [1.165, 1.54) is 18.5 Å². The molecule has 1 aliphatic rings. The Morgan fingerprint density at radius 3 is 2.76 bits per heavy atom. The fourth-order valence-corrected chi connectivity index (χ4v) is 4.27. The average Bonchev–Trinajstić information content (AvgIpc) is 3.40. The molecule has 1 atom stereocenters. The fourth-order valence-electron chi connectivity index (χ4n) is 3.96. The first-order valence-electron chi connectivity index (χ1n) is 11.7. The molecular weight excluding hydrogens is 520 g/mol. The molecule has 0 aliphatic carbocycles. The predicted molar refractivity (Wildman–Crippen MR) is 141 cm³/mol. The molecule has 0 saturated carbocycles. The maximum absolute atomic E-state index is 13.4. The number of anilines is 2. The number of nitrogens with one attached hydrogen (secondary N) is 1. The van der Waals surface area contributed by atoms with E-state index < -0.39 is 0 Å². The number of alkyl halides is 1. The molecule has 2 heterocycles. The van der Waals surface area contributed by atoms with Crippen molar-refractivity contribution in [1.29, 1.82) is 0 Å². The summed E-state index contributed by atoms with van der Waals surface area (Å²) >= 11 is 12.3. The summed E-state index contributed by atoms with van der Waals surface area (Å²) in [6.45, 7) is 1.72. The van der Waals surface area contributed by atoms with Crippen LogP contribution in [0.15, 0.2) is 60.9 Å². The van der Waals surface area contributed by atoms with Crippen LogP contribution in [-0.4, -0.2) is 41.8 Å². The van der Waals surface area contributed by atoms with Gasteiger partial charge in [-0.15, -0.1) is 11.6 Å². The molecule has 10 heteroatoms. The van der Waals surface area contributed by atoms with Gasteiger partial charge in [-0.25, -0.2) is 14.4 Å². The van der Waals surface area contributed by atoms with Gasteiger partial charge >= 0.3 is 0 Å². The molecule has 0 bridgehead atoms. The van der Waals surface area contributed by atoms with Gasteiger partial charge in [0.05, 0.1) is 35.0 Å². The summed E-state index contributed by atoms with van der Waals surface area (Å²) in [5.74, 6) is 2.27. The first-order chi connectivity index (χ1) is 18.1. The highest BCUT2D eigenvalue weighted by atomic mass is 35.5. The minimum Gasteiger partial charge on any atom is -0.492 e. The third-order valence-corrected chi connectivity index (χ3v) is 6.13. The molecule has 7 nitrogen and oxygen atoms in total. The summed E-state index contributed by atoms with van der Waals surface area (Å²) in [5.41, 5.74) is 2.06. The van der Waals surface area contributed by atoms with Crippen LogP contribution in [0.25, 0.3) is 10.9 Å². The van der Waals surface area contributed by atoms with Crippen molar-refractivity contribution in [2.45, 2.75) is 19.1 Å². The third-order valence-electron chi connectivity index (χ3n) is 5.68. The molecule has 0 amide bonds. The lowest BCUT2D eigenvalue weighted by atomic mass is 10.2. The minimum absolute atomic E-state index is 0.0801. The lowest BCUT2D eigenvalue weighted by Gasteiger charge is -2.18. The molecule has 37 heavy (non-hydrogen) atoms. The van der Waals surface area contributed by atoms with Gasteiger partial charge in [0, 0.05) is 24.2 Å². The van der Waals surface area contributed by atoms with Crippen molar-refractivity contribution in [3.8, 4) is 17.2 Å². The van der Waals surface area contributed by atoms with E-state index in [1.54, 1.807) is 24.3 Å². The SMILES string of the molecule is Fc1cccc(COc2ccc(Nc3ncnc4cc(OCCCl)cc(OC5CCOC5)c34)cc2Cl)c1. The van der Waals surface area contributed by atoms with E-state index in [1.807, 2.05) is 18.2 Å². The number of hydrogen-bond donors (Lipinski definition) is 1. The standard InChI is InChI=1S/C27H24Cl2FN3O4/c28-7-9-35-21-12-23-26(25(13-21)37-20-6-8-34-15-20)27(32-16-31-23)33-19-4-5-24(22(29)11-19)36-14-17-2-1-3-18(30)10-17/h1-5,10-13,16,20H,6-9,14-15H2,(H,31,32,33). The molecule has 1 aliphatic heterocycles. The number of halogens is 3. The predicted octanol–water partition coefficient (Wildman–Crippen LogP) is 6.53. The van der Waals surface area contributed by atoms with Crippen LogP contribution in [0.2, 0.25) is 5.02 Å². The van der Waals surface area contributed by atoms with Gasteiger partial charge in [-0.2, -0.15) is 0 Å². The Balaban J connectivity index is 1.40. The van der Waals surface area contributed by atoms with Gasteiger partial charge in [0.15, 0.2) is 0 Å². The fraction of sp³-hybridized carbons (Fsp3) is 0.259. The second-order valence-electron chi connectivity index (χ2n) is 8.37. The zero-order chi connectivity index (χ0) is 25.6. The maximum Gasteiger partial charge on any atom is 0.145 e. The molecule has 192 valence electrons. The van der Waals surface area contributed by atoms with Crippen molar-refractivity contribution in [1.82, 2.24) is 9.97 Å². The lowest BCUT2D eigenvalue weighted by Crippen LogP contribution is -2.16. The van der Waals surface area contributed by atoms with E-state index in [2.05, 4.69) is 15.3 Å². The van der Waals surface area contributed by atoms with Crippen LogP contribution in [0.5, 0.6) is 17.2 Å². The summed E-state index contributed by atoms with van der Waals surface area (Å²) < 4.78 is 36.7. The van der Waals surface area contributed by atoms with E-state index >= 15 is 0 Å². The summed E-state index contributed by atoms with van der Waals surface area (Å²) in [7, 11) is 0. The topological polar surface area (TPSA) is 74.7 Å². The van der Waals surface area contributed by atoms with Crippen LogP contribution in [0.4, 0.5) is 15.9 Å². The van der Waals surface area contributed by atoms with E-state index in [0.29, 0.717) is 75.9 Å². The number of hydrogen-bond acceptors (Lipinski definition) is 7. The third kappa shape index (κ3) is 6.33. The number of benzene rings is 3. The molecule has 1 fully saturated rings. The Morgan fingerprint density at radius 1 is 1.05 bits per heavy atom. The minimum atomic E-state index is -0.314. The van der Waals surface area contributed by atoms with E-state index in [9.17, 15) is 4.39 Å². The van der Waals surface area contributed by atoms with Gasteiger partial charge in [-0.3, -0.25) is 0 Å². The number of nitrogens with zero attached hydrogens (tertiary/aromatic N) is 2. The first kappa shape index (κ1) is 25.3. The molecule has 5 rings (SSSR count). The van der Waals surface area contributed by atoms with Crippen molar-refractivity contribution in [2.24, 2.45) is 0 Å². The summed E-state index contributed by atoms with van der Waals surface area (Å²) in [4.78, 5) is 8.89. The van der Waals surface area contributed by atoms with Gasteiger partial charge in [-0.05, 0) is 35.9 Å². The molecule has 4 aromatic rings. The van der Waals surface area contributed by atoms with Gasteiger partial charge in [-0.1, -0.05) is 23.7 Å². The molecule has 0 radical (unpaired) electrons. The molecule has 1 N–H and O–H groups in total. The van der Waals surface area contributed by atoms with Crippen LogP contribution >= 0.6 is 23.2 Å². The Bertz CT molecular complexity index is 1390. The van der Waals surface area contributed by atoms with Crippen LogP contribution in [0.1, 0.15) is 12.0 Å². The van der Waals surface area contributed by atoms with Crippen molar-refractivity contribution in [3.63, 3.8) is 0 Å². The zero-order valence-corrected chi connectivity index (χ0v) is 21.3. The molecule has 3 aromatic carbocycles. The van der Waals surface area contributed by atoms with Crippen molar-refractivity contribution < 1.29 is 23.3 Å². The highest BCUT2D eigenvalue weighted by molar-refractivity contribution is 6.32. The second kappa shape index (κ2) is 11.8. The quantitative estimate of drug-likeness (QED) is 0.228. The molecule has 0 spiro atoms. The van der Waals surface area contributed by atoms with Crippen molar-refractivity contribution in [3.05, 3.63) is 77.3 Å². The van der Waals surface area contributed by atoms with Gasteiger partial charge in [0.1, 0.15) is 54.5 Å². The highest BCUT2D eigenvalue weighted by Gasteiger charge is 2.21. The van der Waals surface area contributed by atoms with E-state index in [0.717, 1.165) is 6.42 Å². The Hall–Kier alpha value is -3.33. The number of aromatic nitrogens is 2. The smallest absolute Gasteiger partial charge is 0.145 e. The molecule has 1 unspecified atom stereocenters. The second-order valence-corrected chi connectivity index (χ2v) is 9.15. The van der Waals surface area contributed by atoms with Crippen LogP contribution < -0.4 is 19.5 Å². The van der Waals surface area contributed by atoms with Gasteiger partial charge in [0.25, 0.3) is 0 Å². The largest absolute Gasteiger partial charge is 0.492 e. The number of ether oxygens (including phenoxy) is 4. The normalized spacial score (nSPS) is 15.1. The number of rotatable bonds is 10. The van der Waals surface area contributed by atoms with Crippen molar-refractivity contribution >= 4 is 45.6 Å². The van der Waals surface area contributed by atoms with E-state index in [-0.39, 0.29) is 18.5 Å². The number of fused-ring (bicyclic) bond motifs is 1. The monoisotopic (exact) mass is 543 g/mol. The van der Waals surface area contributed by atoms with Crippen LogP contribution in [0.3, 0.4) is 0 Å². The highest BCUT2D eigenvalue weighted by Crippen LogP contribution is 2.37.